The third-order valence-corrected chi connectivity index (χ3v) is 4.48. The van der Waals surface area contributed by atoms with Gasteiger partial charge in [0, 0.05) is 11.3 Å². The van der Waals surface area contributed by atoms with E-state index in [4.69, 9.17) is 4.52 Å². The Morgan fingerprint density at radius 1 is 1.13 bits per heavy atom. The Hall–Kier alpha value is -3.20. The van der Waals surface area contributed by atoms with Crippen LogP contribution in [0.4, 0.5) is 18.9 Å². The van der Waals surface area contributed by atoms with E-state index in [1.807, 2.05) is 32.0 Å². The number of amides is 1. The third kappa shape index (κ3) is 5.24. The second kappa shape index (κ2) is 8.66. The molecule has 158 valence electrons. The second-order valence-corrected chi connectivity index (χ2v) is 7.08. The lowest BCUT2D eigenvalue weighted by Crippen LogP contribution is -2.30. The lowest BCUT2D eigenvalue weighted by molar-refractivity contribution is -0.137. The first kappa shape index (κ1) is 21.5. The van der Waals surface area contributed by atoms with Crippen LogP contribution in [0.15, 0.2) is 47.0 Å². The van der Waals surface area contributed by atoms with Gasteiger partial charge in [0.05, 0.1) is 18.7 Å². The van der Waals surface area contributed by atoms with Crippen LogP contribution in [0, 0.1) is 13.8 Å². The fourth-order valence-corrected chi connectivity index (χ4v) is 2.99. The van der Waals surface area contributed by atoms with E-state index < -0.39 is 11.7 Å². The quantitative estimate of drug-likeness (QED) is 0.641. The molecule has 0 spiro atoms. The van der Waals surface area contributed by atoms with E-state index in [2.05, 4.69) is 15.5 Å². The molecule has 0 aliphatic carbocycles. The molecule has 1 aromatic heterocycles. The van der Waals surface area contributed by atoms with Gasteiger partial charge in [-0.05, 0) is 44.2 Å². The third-order valence-electron chi connectivity index (χ3n) is 4.48. The van der Waals surface area contributed by atoms with Crippen molar-refractivity contribution in [3.05, 3.63) is 65.0 Å². The molecule has 1 amide bonds. The van der Waals surface area contributed by atoms with Gasteiger partial charge in [-0.15, -0.1) is 0 Å². The number of nitrogens with zero attached hydrogens (tertiary/aromatic N) is 3. The molecule has 0 aliphatic heterocycles. The van der Waals surface area contributed by atoms with Crippen LogP contribution in [0.1, 0.15) is 22.6 Å². The van der Waals surface area contributed by atoms with Gasteiger partial charge in [0.25, 0.3) is 0 Å². The molecule has 0 saturated carbocycles. The number of carbonyl (C=O) groups is 1. The molecule has 0 aliphatic rings. The summed E-state index contributed by atoms with van der Waals surface area (Å²) in [6, 6.07) is 10.5. The van der Waals surface area contributed by atoms with Gasteiger partial charge in [0.1, 0.15) is 0 Å². The number of benzene rings is 2. The maximum absolute atomic E-state index is 12.9. The van der Waals surface area contributed by atoms with Gasteiger partial charge in [-0.25, -0.2) is 0 Å². The monoisotopic (exact) mass is 418 g/mol. The van der Waals surface area contributed by atoms with Crippen LogP contribution in [-0.4, -0.2) is 34.5 Å². The fourth-order valence-electron chi connectivity index (χ4n) is 2.99. The van der Waals surface area contributed by atoms with Crippen molar-refractivity contribution in [2.45, 2.75) is 26.6 Å². The molecule has 0 bridgehead atoms. The van der Waals surface area contributed by atoms with E-state index in [0.717, 1.165) is 28.9 Å². The lowest BCUT2D eigenvalue weighted by atomic mass is 10.1. The van der Waals surface area contributed by atoms with Crippen molar-refractivity contribution in [3.8, 4) is 11.4 Å². The molecule has 1 N–H and O–H groups in total. The number of hydrogen-bond acceptors (Lipinski definition) is 5. The summed E-state index contributed by atoms with van der Waals surface area (Å²) in [5.41, 5.74) is 2.13. The van der Waals surface area contributed by atoms with E-state index in [-0.39, 0.29) is 36.3 Å². The summed E-state index contributed by atoms with van der Waals surface area (Å²) in [7, 11) is 1.71. The molecule has 3 aromatic rings. The smallest absolute Gasteiger partial charge is 0.338 e. The van der Waals surface area contributed by atoms with Crippen molar-refractivity contribution in [1.29, 1.82) is 0 Å². The normalized spacial score (nSPS) is 11.7. The van der Waals surface area contributed by atoms with E-state index in [0.29, 0.717) is 0 Å². The molecule has 6 nitrogen and oxygen atoms in total. The maximum Gasteiger partial charge on any atom is 0.416 e. The summed E-state index contributed by atoms with van der Waals surface area (Å²) in [6.07, 6.45) is -4.45. The van der Waals surface area contributed by atoms with Crippen LogP contribution in [0.5, 0.6) is 0 Å². The molecule has 0 fully saturated rings. The van der Waals surface area contributed by atoms with Gasteiger partial charge >= 0.3 is 6.18 Å². The van der Waals surface area contributed by atoms with E-state index >= 15 is 0 Å². The van der Waals surface area contributed by atoms with Crippen molar-refractivity contribution in [2.24, 2.45) is 0 Å². The minimum absolute atomic E-state index is 0.0597. The van der Waals surface area contributed by atoms with Crippen LogP contribution in [0.3, 0.4) is 0 Å². The first-order valence-corrected chi connectivity index (χ1v) is 9.18. The summed E-state index contributed by atoms with van der Waals surface area (Å²) in [6.45, 7) is 4.08. The Morgan fingerprint density at radius 3 is 2.47 bits per heavy atom. The number of para-hydroxylation sites is 1. The van der Waals surface area contributed by atoms with Gasteiger partial charge in [-0.2, -0.15) is 18.2 Å². The van der Waals surface area contributed by atoms with Crippen molar-refractivity contribution >= 4 is 11.6 Å². The first-order chi connectivity index (χ1) is 14.1. The predicted molar refractivity (Wildman–Crippen MR) is 106 cm³/mol. The molecule has 0 radical (unpaired) electrons. The molecule has 0 atom stereocenters. The number of hydrogen-bond donors (Lipinski definition) is 1. The van der Waals surface area contributed by atoms with Gasteiger partial charge in [-0.1, -0.05) is 35.5 Å². The number of aromatic nitrogens is 2. The topological polar surface area (TPSA) is 71.3 Å². The molecule has 1 heterocycles. The highest BCUT2D eigenvalue weighted by Gasteiger charge is 2.30. The summed E-state index contributed by atoms with van der Waals surface area (Å²) < 4.78 is 43.8. The number of halogens is 3. The highest BCUT2D eigenvalue weighted by Crippen LogP contribution is 2.31. The number of rotatable bonds is 6. The second-order valence-electron chi connectivity index (χ2n) is 7.08. The van der Waals surface area contributed by atoms with Crippen molar-refractivity contribution in [1.82, 2.24) is 15.0 Å². The summed E-state index contributed by atoms with van der Waals surface area (Å²) in [4.78, 5) is 18.2. The number of nitrogens with one attached hydrogen (secondary N) is 1. The maximum atomic E-state index is 12.9. The van der Waals surface area contributed by atoms with Gasteiger partial charge in [-0.3, -0.25) is 9.69 Å². The molecule has 2 aromatic carbocycles. The average Bonchev–Trinajstić information content (AvgIpc) is 3.12. The van der Waals surface area contributed by atoms with E-state index in [1.165, 1.54) is 12.1 Å². The molecule has 3 rings (SSSR count). The summed E-state index contributed by atoms with van der Waals surface area (Å²) in [5.74, 6) is 0.0572. The molecular weight excluding hydrogens is 397 g/mol. The van der Waals surface area contributed by atoms with Crippen molar-refractivity contribution < 1.29 is 22.5 Å². The number of alkyl halides is 3. The van der Waals surface area contributed by atoms with Crippen molar-refractivity contribution in [2.75, 3.05) is 18.9 Å². The van der Waals surface area contributed by atoms with Crippen molar-refractivity contribution in [3.63, 3.8) is 0 Å². The standard InChI is InChI=1S/C21H21F3N4O2/c1-13-6-4-7-14(2)19(13)25-17(29)11-28(3)12-18-26-20(27-30-18)15-8-5-9-16(10-15)21(22,23)24/h4-10H,11-12H2,1-3H3,(H,25,29). The molecule has 0 saturated heterocycles. The molecule has 9 heteroatoms. The minimum Gasteiger partial charge on any atom is -0.338 e. The van der Waals surface area contributed by atoms with Gasteiger partial charge in [0.2, 0.25) is 17.6 Å². The average molecular weight is 418 g/mol. The molecule has 0 unspecified atom stereocenters. The van der Waals surface area contributed by atoms with Gasteiger partial charge in [0.15, 0.2) is 0 Å². The molecule has 30 heavy (non-hydrogen) atoms. The zero-order chi connectivity index (χ0) is 21.9. The van der Waals surface area contributed by atoms with Crippen LogP contribution in [0.2, 0.25) is 0 Å². The zero-order valence-corrected chi connectivity index (χ0v) is 16.7. The minimum atomic E-state index is -4.45. The summed E-state index contributed by atoms with van der Waals surface area (Å²) >= 11 is 0. The highest BCUT2D eigenvalue weighted by atomic mass is 19.4. The lowest BCUT2D eigenvalue weighted by Gasteiger charge is -2.16. The number of aryl methyl sites for hydroxylation is 2. The Kier molecular flexibility index (Phi) is 6.21. The fraction of sp³-hybridized carbons (Fsp3) is 0.286. The molecular formula is C21H21F3N4O2. The summed E-state index contributed by atoms with van der Waals surface area (Å²) in [5, 5.41) is 6.64. The Morgan fingerprint density at radius 2 is 1.80 bits per heavy atom. The first-order valence-electron chi connectivity index (χ1n) is 9.18. The highest BCUT2D eigenvalue weighted by molar-refractivity contribution is 5.93. The van der Waals surface area contributed by atoms with E-state index in [1.54, 1.807) is 11.9 Å². The number of anilines is 1. The number of likely N-dealkylation sites (N-methyl/N-ethyl adjacent to an activating group) is 1. The zero-order valence-electron chi connectivity index (χ0n) is 16.7. The van der Waals surface area contributed by atoms with Crippen LogP contribution < -0.4 is 5.32 Å². The van der Waals surface area contributed by atoms with Crippen LogP contribution in [-0.2, 0) is 17.5 Å². The Bertz CT molecular complexity index is 1030. The SMILES string of the molecule is Cc1cccc(C)c1NC(=O)CN(C)Cc1nc(-c2cccc(C(F)(F)F)c2)no1. The number of carbonyl (C=O) groups excluding carboxylic acids is 1. The van der Waals surface area contributed by atoms with Gasteiger partial charge < -0.3 is 9.84 Å². The Balaban J connectivity index is 1.62. The van der Waals surface area contributed by atoms with Crippen LogP contribution in [0.25, 0.3) is 11.4 Å². The largest absolute Gasteiger partial charge is 0.416 e. The Labute approximate surface area is 171 Å². The predicted octanol–water partition coefficient (Wildman–Crippen LogP) is 4.44. The van der Waals surface area contributed by atoms with Crippen LogP contribution >= 0.6 is 0 Å². The van der Waals surface area contributed by atoms with E-state index in [9.17, 15) is 18.0 Å².